The molecule has 3 rings (SSSR count). The molecular weight excluding hydrogens is 356 g/mol. The standard InChI is InChI=1S/C18H23BrN2O2/c1-12-5-6-15(14(19)10-12)20-16(22)18(7-8-18)17(23)21-9-3-4-13(2)11-21/h5-6,10,13H,3-4,7-9,11H2,1-2H3,(H,20,22). The number of carbonyl (C=O) groups is 2. The molecule has 1 aliphatic carbocycles. The van der Waals surface area contributed by atoms with E-state index in [0.29, 0.717) is 18.8 Å². The Morgan fingerprint density at radius 3 is 2.70 bits per heavy atom. The van der Waals surface area contributed by atoms with Gasteiger partial charge < -0.3 is 10.2 Å². The molecule has 0 aromatic heterocycles. The Hall–Kier alpha value is -1.36. The van der Waals surface area contributed by atoms with E-state index in [-0.39, 0.29) is 11.8 Å². The van der Waals surface area contributed by atoms with Gasteiger partial charge in [-0.2, -0.15) is 0 Å². The van der Waals surface area contributed by atoms with Crippen LogP contribution in [0, 0.1) is 18.3 Å². The Morgan fingerprint density at radius 2 is 2.09 bits per heavy atom. The van der Waals surface area contributed by atoms with Crippen LogP contribution in [0.1, 0.15) is 38.2 Å². The van der Waals surface area contributed by atoms with Gasteiger partial charge in [-0.15, -0.1) is 0 Å². The molecular formula is C18H23BrN2O2. The maximum atomic E-state index is 12.9. The Morgan fingerprint density at radius 1 is 1.35 bits per heavy atom. The van der Waals surface area contributed by atoms with E-state index in [1.165, 1.54) is 6.42 Å². The molecule has 2 amide bonds. The summed E-state index contributed by atoms with van der Waals surface area (Å²) in [5.74, 6) is 0.382. The van der Waals surface area contributed by atoms with Crippen molar-refractivity contribution in [2.75, 3.05) is 18.4 Å². The van der Waals surface area contributed by atoms with Gasteiger partial charge in [-0.25, -0.2) is 0 Å². The van der Waals surface area contributed by atoms with Crippen LogP contribution in [0.4, 0.5) is 5.69 Å². The molecule has 0 bridgehead atoms. The lowest BCUT2D eigenvalue weighted by Gasteiger charge is -2.33. The summed E-state index contributed by atoms with van der Waals surface area (Å²) < 4.78 is 0.848. The number of halogens is 1. The molecule has 1 atom stereocenters. The van der Waals surface area contributed by atoms with Gasteiger partial charge in [-0.1, -0.05) is 13.0 Å². The van der Waals surface area contributed by atoms with E-state index < -0.39 is 5.41 Å². The minimum absolute atomic E-state index is 0.0183. The van der Waals surface area contributed by atoms with Gasteiger partial charge in [0.15, 0.2) is 0 Å². The van der Waals surface area contributed by atoms with Crippen molar-refractivity contribution in [3.63, 3.8) is 0 Å². The normalized spacial score (nSPS) is 22.6. The number of nitrogens with zero attached hydrogens (tertiary/aromatic N) is 1. The van der Waals surface area contributed by atoms with Crippen LogP contribution in [0.15, 0.2) is 22.7 Å². The molecule has 124 valence electrons. The van der Waals surface area contributed by atoms with E-state index in [2.05, 4.69) is 28.2 Å². The van der Waals surface area contributed by atoms with Crippen LogP contribution in [-0.4, -0.2) is 29.8 Å². The van der Waals surface area contributed by atoms with Crippen LogP contribution in [0.25, 0.3) is 0 Å². The Balaban J connectivity index is 1.72. The van der Waals surface area contributed by atoms with Crippen molar-refractivity contribution in [2.24, 2.45) is 11.3 Å². The summed E-state index contributed by atoms with van der Waals surface area (Å²) in [6.45, 7) is 5.73. The minimum Gasteiger partial charge on any atom is -0.342 e. The highest BCUT2D eigenvalue weighted by molar-refractivity contribution is 9.10. The van der Waals surface area contributed by atoms with Gasteiger partial charge in [0.2, 0.25) is 11.8 Å². The van der Waals surface area contributed by atoms with Crippen LogP contribution in [0.3, 0.4) is 0 Å². The number of rotatable bonds is 3. The average molecular weight is 379 g/mol. The fourth-order valence-corrected chi connectivity index (χ4v) is 3.90. The molecule has 0 radical (unpaired) electrons. The topological polar surface area (TPSA) is 49.4 Å². The number of hydrogen-bond acceptors (Lipinski definition) is 2. The van der Waals surface area contributed by atoms with Gasteiger partial charge in [0.05, 0.1) is 5.69 Å². The van der Waals surface area contributed by atoms with E-state index in [0.717, 1.165) is 35.2 Å². The molecule has 2 aliphatic rings. The number of likely N-dealkylation sites (tertiary alicyclic amines) is 1. The van der Waals surface area contributed by atoms with Crippen LogP contribution in [-0.2, 0) is 9.59 Å². The highest BCUT2D eigenvalue weighted by Crippen LogP contribution is 2.49. The maximum Gasteiger partial charge on any atom is 0.240 e. The highest BCUT2D eigenvalue weighted by Gasteiger charge is 2.58. The number of carbonyl (C=O) groups excluding carboxylic acids is 2. The van der Waals surface area contributed by atoms with Crippen molar-refractivity contribution in [1.29, 1.82) is 0 Å². The molecule has 1 aromatic rings. The number of nitrogens with one attached hydrogen (secondary N) is 1. The fourth-order valence-electron chi connectivity index (χ4n) is 3.30. The van der Waals surface area contributed by atoms with Gasteiger partial charge >= 0.3 is 0 Å². The fraction of sp³-hybridized carbons (Fsp3) is 0.556. The van der Waals surface area contributed by atoms with E-state index >= 15 is 0 Å². The monoisotopic (exact) mass is 378 g/mol. The average Bonchev–Trinajstić information content (AvgIpc) is 3.31. The third kappa shape index (κ3) is 3.30. The minimum atomic E-state index is -0.832. The lowest BCUT2D eigenvalue weighted by molar-refractivity contribution is -0.143. The summed E-state index contributed by atoms with van der Waals surface area (Å²) in [6, 6.07) is 5.79. The second kappa shape index (κ2) is 6.27. The predicted octanol–water partition coefficient (Wildman–Crippen LogP) is 3.73. The molecule has 4 nitrogen and oxygen atoms in total. The van der Waals surface area contributed by atoms with Crippen LogP contribution >= 0.6 is 15.9 Å². The van der Waals surface area contributed by atoms with Crippen molar-refractivity contribution < 1.29 is 9.59 Å². The zero-order valence-electron chi connectivity index (χ0n) is 13.7. The quantitative estimate of drug-likeness (QED) is 0.814. The zero-order chi connectivity index (χ0) is 16.6. The van der Waals surface area contributed by atoms with Crippen LogP contribution < -0.4 is 5.32 Å². The predicted molar refractivity (Wildman–Crippen MR) is 94.2 cm³/mol. The van der Waals surface area contributed by atoms with Gasteiger partial charge in [0, 0.05) is 17.6 Å². The molecule has 23 heavy (non-hydrogen) atoms. The smallest absolute Gasteiger partial charge is 0.240 e. The first-order valence-corrected chi connectivity index (χ1v) is 9.09. The molecule has 1 aliphatic heterocycles. The van der Waals surface area contributed by atoms with E-state index in [1.807, 2.05) is 30.0 Å². The van der Waals surface area contributed by atoms with Gasteiger partial charge in [0.25, 0.3) is 0 Å². The molecule has 1 aromatic carbocycles. The number of aryl methyl sites for hydroxylation is 1. The maximum absolute atomic E-state index is 12.9. The summed E-state index contributed by atoms with van der Waals surface area (Å²) in [6.07, 6.45) is 3.52. The molecule has 1 heterocycles. The second-order valence-corrected chi connectivity index (χ2v) is 7.87. The SMILES string of the molecule is Cc1ccc(NC(=O)C2(C(=O)N3CCCC(C)C3)CC2)c(Br)c1. The summed E-state index contributed by atoms with van der Waals surface area (Å²) >= 11 is 3.47. The summed E-state index contributed by atoms with van der Waals surface area (Å²) in [5, 5.41) is 2.94. The zero-order valence-corrected chi connectivity index (χ0v) is 15.3. The lowest BCUT2D eigenvalue weighted by atomic mass is 9.96. The first-order chi connectivity index (χ1) is 10.9. The largest absolute Gasteiger partial charge is 0.342 e. The van der Waals surface area contributed by atoms with Crippen molar-refractivity contribution in [1.82, 2.24) is 4.90 Å². The number of benzene rings is 1. The first kappa shape index (κ1) is 16.5. The van der Waals surface area contributed by atoms with Crippen LogP contribution in [0.2, 0.25) is 0 Å². The molecule has 1 N–H and O–H groups in total. The van der Waals surface area contributed by atoms with Crippen molar-refractivity contribution in [3.05, 3.63) is 28.2 Å². The van der Waals surface area contributed by atoms with Crippen molar-refractivity contribution in [2.45, 2.75) is 39.5 Å². The van der Waals surface area contributed by atoms with Crippen LogP contribution in [0.5, 0.6) is 0 Å². The second-order valence-electron chi connectivity index (χ2n) is 7.02. The Labute approximate surface area is 145 Å². The molecule has 1 saturated carbocycles. The van der Waals surface area contributed by atoms with E-state index in [4.69, 9.17) is 0 Å². The molecule has 0 spiro atoms. The third-order valence-electron chi connectivity index (χ3n) is 4.91. The molecule has 5 heteroatoms. The highest BCUT2D eigenvalue weighted by atomic mass is 79.9. The van der Waals surface area contributed by atoms with E-state index in [9.17, 15) is 9.59 Å². The summed E-state index contributed by atoms with van der Waals surface area (Å²) in [7, 11) is 0. The number of piperidine rings is 1. The Bertz CT molecular complexity index is 640. The number of hydrogen-bond donors (Lipinski definition) is 1. The number of anilines is 1. The summed E-state index contributed by atoms with van der Waals surface area (Å²) in [5.41, 5.74) is 1.02. The third-order valence-corrected chi connectivity index (χ3v) is 5.57. The van der Waals surface area contributed by atoms with Gasteiger partial charge in [0.1, 0.15) is 5.41 Å². The van der Waals surface area contributed by atoms with Crippen molar-refractivity contribution in [3.8, 4) is 0 Å². The molecule has 1 unspecified atom stereocenters. The van der Waals surface area contributed by atoms with Gasteiger partial charge in [-0.05, 0) is 72.2 Å². The summed E-state index contributed by atoms with van der Waals surface area (Å²) in [4.78, 5) is 27.5. The number of amides is 2. The van der Waals surface area contributed by atoms with Crippen molar-refractivity contribution >= 4 is 33.4 Å². The molecule has 1 saturated heterocycles. The first-order valence-electron chi connectivity index (χ1n) is 8.29. The lowest BCUT2D eigenvalue weighted by Crippen LogP contribution is -2.46. The Kier molecular flexibility index (Phi) is 4.50. The molecule has 2 fully saturated rings. The van der Waals surface area contributed by atoms with Gasteiger partial charge in [-0.3, -0.25) is 9.59 Å². The van der Waals surface area contributed by atoms with E-state index in [1.54, 1.807) is 0 Å².